The summed E-state index contributed by atoms with van der Waals surface area (Å²) in [6, 6.07) is 12.3. The fourth-order valence-corrected chi connectivity index (χ4v) is 2.50. The number of nitrogens with zero attached hydrogens (tertiary/aromatic N) is 2. The molecule has 1 N–H and O–H groups in total. The second kappa shape index (κ2) is 7.09. The third-order valence-corrected chi connectivity index (χ3v) is 3.70. The Morgan fingerprint density at radius 2 is 1.81 bits per heavy atom. The monoisotopic (exact) mass is 283 g/mol. The highest BCUT2D eigenvalue weighted by atomic mass is 16.5. The molecule has 4 nitrogen and oxygen atoms in total. The van der Waals surface area contributed by atoms with Crippen molar-refractivity contribution in [3.63, 3.8) is 0 Å². The Labute approximate surface area is 125 Å². The summed E-state index contributed by atoms with van der Waals surface area (Å²) < 4.78 is 5.80. The summed E-state index contributed by atoms with van der Waals surface area (Å²) in [6.07, 6.45) is 4.77. The average Bonchev–Trinajstić information content (AvgIpc) is 2.84. The molecule has 0 amide bonds. The molecular weight excluding hydrogens is 262 g/mol. The van der Waals surface area contributed by atoms with Gasteiger partial charge in [-0.2, -0.15) is 0 Å². The molecule has 1 aromatic heterocycles. The molecule has 1 aromatic carbocycles. The van der Waals surface area contributed by atoms with Gasteiger partial charge < -0.3 is 15.0 Å². The molecule has 1 fully saturated rings. The maximum Gasteiger partial charge on any atom is 0.119 e. The summed E-state index contributed by atoms with van der Waals surface area (Å²) in [7, 11) is 0. The SMILES string of the molecule is c1cc(COc2ccc(N3CCCNCC3)cc2)ccn1. The average molecular weight is 283 g/mol. The lowest BCUT2D eigenvalue weighted by Crippen LogP contribution is -2.27. The first-order valence-corrected chi connectivity index (χ1v) is 7.49. The molecule has 0 unspecified atom stereocenters. The molecule has 0 spiro atoms. The van der Waals surface area contributed by atoms with Gasteiger partial charge in [0.15, 0.2) is 0 Å². The molecule has 4 heteroatoms. The van der Waals surface area contributed by atoms with Gasteiger partial charge in [0.05, 0.1) is 0 Å². The summed E-state index contributed by atoms with van der Waals surface area (Å²) in [5.41, 5.74) is 2.41. The van der Waals surface area contributed by atoms with Gasteiger partial charge in [0, 0.05) is 37.7 Å². The normalized spacial score (nSPS) is 15.5. The number of benzene rings is 1. The Morgan fingerprint density at radius 3 is 2.62 bits per heavy atom. The summed E-state index contributed by atoms with van der Waals surface area (Å²) in [4.78, 5) is 6.43. The van der Waals surface area contributed by atoms with E-state index in [1.807, 2.05) is 12.1 Å². The van der Waals surface area contributed by atoms with E-state index < -0.39 is 0 Å². The van der Waals surface area contributed by atoms with Crippen LogP contribution in [-0.4, -0.2) is 31.2 Å². The highest BCUT2D eigenvalue weighted by molar-refractivity contribution is 5.49. The Hall–Kier alpha value is -2.07. The number of aromatic nitrogens is 1. The van der Waals surface area contributed by atoms with E-state index in [0.717, 1.165) is 37.5 Å². The molecular formula is C17H21N3O. The van der Waals surface area contributed by atoms with Gasteiger partial charge in [-0.15, -0.1) is 0 Å². The molecule has 110 valence electrons. The third kappa shape index (κ3) is 3.95. The minimum atomic E-state index is 0.579. The Kier molecular flexibility index (Phi) is 4.69. The molecule has 1 aliphatic rings. The second-order valence-electron chi connectivity index (χ2n) is 5.23. The van der Waals surface area contributed by atoms with Gasteiger partial charge in [-0.1, -0.05) is 0 Å². The standard InChI is InChI=1S/C17H21N3O/c1-8-18-11-13-20(12-1)16-2-4-17(5-3-16)21-14-15-6-9-19-10-7-15/h2-7,9-10,18H,1,8,11-14H2. The van der Waals surface area contributed by atoms with Gasteiger partial charge in [-0.3, -0.25) is 4.98 Å². The van der Waals surface area contributed by atoms with Crippen molar-refractivity contribution in [3.8, 4) is 5.75 Å². The molecule has 2 heterocycles. The molecule has 0 bridgehead atoms. The predicted molar refractivity (Wildman–Crippen MR) is 84.7 cm³/mol. The van der Waals surface area contributed by atoms with Crippen LogP contribution in [0.25, 0.3) is 0 Å². The smallest absolute Gasteiger partial charge is 0.119 e. The second-order valence-corrected chi connectivity index (χ2v) is 5.23. The summed E-state index contributed by atoms with van der Waals surface area (Å²) in [5, 5.41) is 3.43. The van der Waals surface area contributed by atoms with Crippen molar-refractivity contribution in [3.05, 3.63) is 54.4 Å². The Morgan fingerprint density at radius 1 is 1.00 bits per heavy atom. The topological polar surface area (TPSA) is 37.4 Å². The van der Waals surface area contributed by atoms with Crippen LogP contribution in [0.3, 0.4) is 0 Å². The van der Waals surface area contributed by atoms with E-state index in [-0.39, 0.29) is 0 Å². The van der Waals surface area contributed by atoms with E-state index >= 15 is 0 Å². The van der Waals surface area contributed by atoms with Crippen LogP contribution >= 0.6 is 0 Å². The van der Waals surface area contributed by atoms with E-state index in [1.54, 1.807) is 12.4 Å². The molecule has 0 aliphatic carbocycles. The van der Waals surface area contributed by atoms with Crippen molar-refractivity contribution in [1.29, 1.82) is 0 Å². The lowest BCUT2D eigenvalue weighted by molar-refractivity contribution is 0.306. The maximum absolute atomic E-state index is 5.80. The highest BCUT2D eigenvalue weighted by Gasteiger charge is 2.09. The number of hydrogen-bond donors (Lipinski definition) is 1. The largest absolute Gasteiger partial charge is 0.489 e. The number of hydrogen-bond acceptors (Lipinski definition) is 4. The first kappa shape index (κ1) is 13.9. The lowest BCUT2D eigenvalue weighted by atomic mass is 10.2. The Balaban J connectivity index is 1.58. The summed E-state index contributed by atoms with van der Waals surface area (Å²) >= 11 is 0. The predicted octanol–water partition coefficient (Wildman–Crippen LogP) is 2.46. The van der Waals surface area contributed by atoms with Crippen LogP contribution in [0.5, 0.6) is 5.75 Å². The number of anilines is 1. The van der Waals surface area contributed by atoms with Crippen molar-refractivity contribution in [2.24, 2.45) is 0 Å². The van der Waals surface area contributed by atoms with Crippen molar-refractivity contribution >= 4 is 5.69 Å². The van der Waals surface area contributed by atoms with Gasteiger partial charge in [0.2, 0.25) is 0 Å². The molecule has 1 saturated heterocycles. The van der Waals surface area contributed by atoms with Crippen molar-refractivity contribution < 1.29 is 4.74 Å². The first-order valence-electron chi connectivity index (χ1n) is 7.49. The van der Waals surface area contributed by atoms with Gasteiger partial charge in [0.25, 0.3) is 0 Å². The molecule has 2 aromatic rings. The summed E-state index contributed by atoms with van der Waals surface area (Å²) in [6.45, 7) is 4.93. The van der Waals surface area contributed by atoms with Gasteiger partial charge in [-0.25, -0.2) is 0 Å². The van der Waals surface area contributed by atoms with Crippen LogP contribution in [0.15, 0.2) is 48.8 Å². The quantitative estimate of drug-likeness (QED) is 0.935. The fourth-order valence-electron chi connectivity index (χ4n) is 2.50. The number of pyridine rings is 1. The van der Waals surface area contributed by atoms with E-state index in [0.29, 0.717) is 6.61 Å². The van der Waals surface area contributed by atoms with E-state index in [1.165, 1.54) is 12.1 Å². The van der Waals surface area contributed by atoms with Crippen LogP contribution in [0.2, 0.25) is 0 Å². The van der Waals surface area contributed by atoms with Crippen LogP contribution in [-0.2, 0) is 6.61 Å². The van der Waals surface area contributed by atoms with Gasteiger partial charge in [-0.05, 0) is 54.9 Å². The molecule has 0 atom stereocenters. The van der Waals surface area contributed by atoms with Crippen molar-refractivity contribution in [1.82, 2.24) is 10.3 Å². The van der Waals surface area contributed by atoms with Crippen LogP contribution < -0.4 is 15.0 Å². The Bertz CT molecular complexity index is 534. The van der Waals surface area contributed by atoms with Crippen molar-refractivity contribution in [2.75, 3.05) is 31.1 Å². The van der Waals surface area contributed by atoms with Gasteiger partial charge >= 0.3 is 0 Å². The first-order chi connectivity index (χ1) is 10.4. The minimum Gasteiger partial charge on any atom is -0.489 e. The van der Waals surface area contributed by atoms with Crippen molar-refractivity contribution in [2.45, 2.75) is 13.0 Å². The zero-order valence-electron chi connectivity index (χ0n) is 12.2. The molecule has 0 radical (unpaired) electrons. The van der Waals surface area contributed by atoms with Gasteiger partial charge in [0.1, 0.15) is 12.4 Å². The molecule has 1 aliphatic heterocycles. The third-order valence-electron chi connectivity index (χ3n) is 3.70. The molecule has 0 saturated carbocycles. The van der Waals surface area contributed by atoms with Crippen LogP contribution in [0.1, 0.15) is 12.0 Å². The van der Waals surface area contributed by atoms with Crippen LogP contribution in [0.4, 0.5) is 5.69 Å². The van der Waals surface area contributed by atoms with E-state index in [9.17, 15) is 0 Å². The number of rotatable bonds is 4. The maximum atomic E-state index is 5.80. The molecule has 3 rings (SSSR count). The zero-order chi connectivity index (χ0) is 14.3. The van der Waals surface area contributed by atoms with E-state index in [4.69, 9.17) is 4.74 Å². The number of ether oxygens (including phenoxy) is 1. The van der Waals surface area contributed by atoms with Crippen LogP contribution in [0, 0.1) is 0 Å². The highest BCUT2D eigenvalue weighted by Crippen LogP contribution is 2.20. The lowest BCUT2D eigenvalue weighted by Gasteiger charge is -2.22. The number of nitrogens with one attached hydrogen (secondary N) is 1. The zero-order valence-corrected chi connectivity index (χ0v) is 12.2. The fraction of sp³-hybridized carbons (Fsp3) is 0.353. The molecule has 21 heavy (non-hydrogen) atoms. The summed E-state index contributed by atoms with van der Waals surface area (Å²) in [5.74, 6) is 0.906. The van der Waals surface area contributed by atoms with E-state index in [2.05, 4.69) is 39.5 Å². The minimum absolute atomic E-state index is 0.579.